The summed E-state index contributed by atoms with van der Waals surface area (Å²) in [6.45, 7) is 5.86. The molecule has 2 atom stereocenters. The lowest BCUT2D eigenvalue weighted by Crippen LogP contribution is -2.51. The second-order valence-corrected chi connectivity index (χ2v) is 7.58. The molecule has 2 unspecified atom stereocenters. The molecule has 0 saturated carbocycles. The third-order valence-corrected chi connectivity index (χ3v) is 5.41. The Morgan fingerprint density at radius 1 is 1.58 bits per heavy atom. The van der Waals surface area contributed by atoms with Crippen molar-refractivity contribution in [2.24, 2.45) is 7.05 Å². The van der Waals surface area contributed by atoms with E-state index in [2.05, 4.69) is 15.1 Å². The van der Waals surface area contributed by atoms with E-state index in [4.69, 9.17) is 0 Å². The second-order valence-electron chi connectivity index (χ2n) is 5.87. The van der Waals surface area contributed by atoms with Crippen LogP contribution in [0.5, 0.6) is 0 Å². The van der Waals surface area contributed by atoms with E-state index in [1.165, 1.54) is 17.1 Å². The number of halogens is 1. The van der Waals surface area contributed by atoms with Crippen LogP contribution in [0.3, 0.4) is 0 Å². The van der Waals surface area contributed by atoms with Gasteiger partial charge in [0.2, 0.25) is 15.9 Å². The van der Waals surface area contributed by atoms with Crippen LogP contribution in [0, 0.1) is 0 Å². The predicted molar refractivity (Wildman–Crippen MR) is 93.5 cm³/mol. The van der Waals surface area contributed by atoms with Gasteiger partial charge in [-0.1, -0.05) is 6.92 Å². The average molecular weight is 380 g/mol. The van der Waals surface area contributed by atoms with Crippen molar-refractivity contribution >= 4 is 28.3 Å². The molecule has 0 aromatic carbocycles. The van der Waals surface area contributed by atoms with Gasteiger partial charge in [0.1, 0.15) is 4.90 Å². The number of rotatable bonds is 7. The van der Waals surface area contributed by atoms with Crippen LogP contribution in [0.1, 0.15) is 26.7 Å². The summed E-state index contributed by atoms with van der Waals surface area (Å²) in [4.78, 5) is 14.5. The second kappa shape index (κ2) is 8.80. The van der Waals surface area contributed by atoms with Crippen molar-refractivity contribution in [3.63, 3.8) is 0 Å². The van der Waals surface area contributed by atoms with E-state index in [0.717, 1.165) is 25.9 Å². The van der Waals surface area contributed by atoms with Crippen LogP contribution in [-0.4, -0.2) is 60.7 Å². The molecule has 138 valence electrons. The minimum Gasteiger partial charge on any atom is -0.337 e. The van der Waals surface area contributed by atoms with Crippen LogP contribution in [0.4, 0.5) is 0 Å². The summed E-state index contributed by atoms with van der Waals surface area (Å²) < 4.78 is 28.5. The normalized spacial score (nSPS) is 18.9. The highest BCUT2D eigenvalue weighted by Gasteiger charge is 2.31. The molecule has 0 bridgehead atoms. The summed E-state index contributed by atoms with van der Waals surface area (Å²) in [6, 6.07) is -0.680. The van der Waals surface area contributed by atoms with Gasteiger partial charge in [0.05, 0.1) is 12.2 Å². The van der Waals surface area contributed by atoms with Crippen LogP contribution in [0.15, 0.2) is 17.3 Å². The van der Waals surface area contributed by atoms with Crippen molar-refractivity contribution < 1.29 is 13.2 Å². The smallest absolute Gasteiger partial charge is 0.244 e. The first-order valence-electron chi connectivity index (χ1n) is 7.87. The number of nitrogens with zero attached hydrogens (tertiary/aromatic N) is 3. The molecule has 0 radical (unpaired) electrons. The number of nitrogens with one attached hydrogen (secondary N) is 2. The van der Waals surface area contributed by atoms with E-state index < -0.39 is 16.1 Å². The molecule has 0 spiro atoms. The number of carbonyl (C=O) groups excluding carboxylic acids is 1. The van der Waals surface area contributed by atoms with Gasteiger partial charge in [-0.05, 0) is 26.3 Å². The molecule has 1 fully saturated rings. The van der Waals surface area contributed by atoms with E-state index in [-0.39, 0.29) is 29.3 Å². The number of sulfonamides is 1. The molecule has 24 heavy (non-hydrogen) atoms. The van der Waals surface area contributed by atoms with Crippen LogP contribution < -0.4 is 10.0 Å². The van der Waals surface area contributed by atoms with Crippen molar-refractivity contribution in [1.82, 2.24) is 24.7 Å². The molecular formula is C14H26ClN5O3S. The van der Waals surface area contributed by atoms with Crippen LogP contribution >= 0.6 is 12.4 Å². The Morgan fingerprint density at radius 3 is 2.79 bits per heavy atom. The highest BCUT2D eigenvalue weighted by Crippen LogP contribution is 2.13. The summed E-state index contributed by atoms with van der Waals surface area (Å²) in [5, 5.41) is 7.09. The topological polar surface area (TPSA) is 96.3 Å². The Kier molecular flexibility index (Phi) is 7.65. The Labute approximate surface area is 149 Å². The fraction of sp³-hybridized carbons (Fsp3) is 0.714. The molecule has 8 nitrogen and oxygen atoms in total. The van der Waals surface area contributed by atoms with Crippen molar-refractivity contribution in [3.05, 3.63) is 12.4 Å². The number of hydrogen-bond acceptors (Lipinski definition) is 5. The first-order valence-corrected chi connectivity index (χ1v) is 9.35. The van der Waals surface area contributed by atoms with Crippen LogP contribution in [0.25, 0.3) is 0 Å². The largest absolute Gasteiger partial charge is 0.337 e. The van der Waals surface area contributed by atoms with Gasteiger partial charge in [0.25, 0.3) is 0 Å². The number of aromatic nitrogens is 2. The lowest BCUT2D eigenvalue weighted by atomic mass is 10.1. The van der Waals surface area contributed by atoms with Gasteiger partial charge in [-0.3, -0.25) is 9.48 Å². The molecule has 2 heterocycles. The van der Waals surface area contributed by atoms with Gasteiger partial charge in [0, 0.05) is 32.4 Å². The molecule has 1 aliphatic rings. The average Bonchev–Trinajstić information content (AvgIpc) is 3.15. The first-order chi connectivity index (χ1) is 10.8. The number of hydrogen-bond donors (Lipinski definition) is 2. The maximum Gasteiger partial charge on any atom is 0.244 e. The van der Waals surface area contributed by atoms with E-state index in [9.17, 15) is 13.2 Å². The molecule has 10 heteroatoms. The number of amides is 1. The Balaban J connectivity index is 0.00000288. The number of aryl methyl sites for hydroxylation is 1. The van der Waals surface area contributed by atoms with E-state index in [1.807, 2.05) is 6.92 Å². The molecule has 0 aliphatic carbocycles. The molecule has 2 N–H and O–H groups in total. The summed E-state index contributed by atoms with van der Waals surface area (Å²) in [6.07, 6.45) is 4.41. The third-order valence-electron chi connectivity index (χ3n) is 3.92. The van der Waals surface area contributed by atoms with Crippen molar-refractivity contribution in [3.8, 4) is 0 Å². The monoisotopic (exact) mass is 379 g/mol. The van der Waals surface area contributed by atoms with Gasteiger partial charge < -0.3 is 10.2 Å². The third kappa shape index (κ3) is 4.92. The minimum atomic E-state index is -3.75. The Bertz CT molecular complexity index is 643. The molecule has 2 rings (SSSR count). The number of carbonyl (C=O) groups is 1. The van der Waals surface area contributed by atoms with Crippen LogP contribution in [0.2, 0.25) is 0 Å². The van der Waals surface area contributed by atoms with E-state index in [0.29, 0.717) is 6.54 Å². The van der Waals surface area contributed by atoms with Crippen LogP contribution in [-0.2, 0) is 21.9 Å². The lowest BCUT2D eigenvalue weighted by Gasteiger charge is -2.30. The molecule has 1 aliphatic heterocycles. The summed E-state index contributed by atoms with van der Waals surface area (Å²) >= 11 is 0. The van der Waals surface area contributed by atoms with Crippen molar-refractivity contribution in [2.45, 2.75) is 43.7 Å². The predicted octanol–water partition coefficient (Wildman–Crippen LogP) is 0.109. The molecule has 1 saturated heterocycles. The minimum absolute atomic E-state index is 0. The molecule has 1 amide bonds. The molecular weight excluding hydrogens is 354 g/mol. The summed E-state index contributed by atoms with van der Waals surface area (Å²) in [7, 11) is -2.11. The zero-order valence-electron chi connectivity index (χ0n) is 14.2. The summed E-state index contributed by atoms with van der Waals surface area (Å²) in [5.74, 6) is -0.187. The van der Waals surface area contributed by atoms with E-state index >= 15 is 0 Å². The highest BCUT2D eigenvalue weighted by molar-refractivity contribution is 7.89. The Hall–Kier alpha value is -1.16. The molecule has 1 aromatic rings. The fourth-order valence-electron chi connectivity index (χ4n) is 2.76. The van der Waals surface area contributed by atoms with Gasteiger partial charge in [-0.25, -0.2) is 8.42 Å². The van der Waals surface area contributed by atoms with Gasteiger partial charge in [-0.15, -0.1) is 12.4 Å². The van der Waals surface area contributed by atoms with Gasteiger partial charge in [-0.2, -0.15) is 9.82 Å². The van der Waals surface area contributed by atoms with Crippen molar-refractivity contribution in [1.29, 1.82) is 0 Å². The Morgan fingerprint density at radius 2 is 2.29 bits per heavy atom. The molecule has 1 aromatic heterocycles. The van der Waals surface area contributed by atoms with Gasteiger partial charge >= 0.3 is 0 Å². The van der Waals surface area contributed by atoms with Crippen molar-refractivity contribution in [2.75, 3.05) is 19.6 Å². The SMILES string of the molecule is CCCN(C(=O)C(C)NS(=O)(=O)c1cnn(C)c1)C1CCNC1.Cl. The lowest BCUT2D eigenvalue weighted by molar-refractivity contribution is -0.134. The highest BCUT2D eigenvalue weighted by atomic mass is 35.5. The van der Waals surface area contributed by atoms with Gasteiger partial charge in [0.15, 0.2) is 0 Å². The maximum atomic E-state index is 12.7. The maximum absolute atomic E-state index is 12.7. The fourth-order valence-corrected chi connectivity index (χ4v) is 3.94. The summed E-state index contributed by atoms with van der Waals surface area (Å²) in [5.41, 5.74) is 0. The zero-order chi connectivity index (χ0) is 17.0. The van der Waals surface area contributed by atoms with E-state index in [1.54, 1.807) is 18.9 Å². The first kappa shape index (κ1) is 20.9. The zero-order valence-corrected chi connectivity index (χ0v) is 15.9. The quantitative estimate of drug-likeness (QED) is 0.701. The standard InChI is InChI=1S/C14H25N5O3S.ClH/c1-4-7-19(12-5-6-15-8-12)14(20)11(2)17-23(21,22)13-9-16-18(3)10-13;/h9-12,15,17H,4-8H2,1-3H3;1H.